The van der Waals surface area contributed by atoms with Crippen LogP contribution in [-0.4, -0.2) is 54.1 Å². The molecular formula is C8H12N2O3. The van der Waals surface area contributed by atoms with Crippen molar-refractivity contribution in [1.82, 2.24) is 9.80 Å². The van der Waals surface area contributed by atoms with Crippen LogP contribution in [0.1, 0.15) is 6.92 Å². The van der Waals surface area contributed by atoms with Gasteiger partial charge in [0.15, 0.2) is 0 Å². The first-order valence-corrected chi connectivity index (χ1v) is 4.14. The third kappa shape index (κ3) is 2.27. The van der Waals surface area contributed by atoms with Crippen molar-refractivity contribution in [2.24, 2.45) is 0 Å². The Balaban J connectivity index is 2.43. The Kier molecular flexibility index (Phi) is 3.00. The highest BCUT2D eigenvalue weighted by molar-refractivity contribution is 6.23. The van der Waals surface area contributed by atoms with Crippen LogP contribution in [0, 0.1) is 0 Å². The highest BCUT2D eigenvalue weighted by Crippen LogP contribution is 2.01. The van der Waals surface area contributed by atoms with Gasteiger partial charge in [-0.25, -0.2) is 0 Å². The summed E-state index contributed by atoms with van der Waals surface area (Å²) in [4.78, 5) is 35.1. The topological polar surface area (TPSA) is 57.7 Å². The van der Waals surface area contributed by atoms with Gasteiger partial charge in [0.05, 0.1) is 0 Å². The van der Waals surface area contributed by atoms with Gasteiger partial charge in [-0.05, 0) is 0 Å². The fourth-order valence-electron chi connectivity index (χ4n) is 1.32. The average Bonchev–Trinajstić information content (AvgIpc) is 2.17. The third-order valence-corrected chi connectivity index (χ3v) is 2.14. The maximum absolute atomic E-state index is 10.9. The van der Waals surface area contributed by atoms with E-state index >= 15 is 0 Å². The Hall–Kier alpha value is -1.39. The van der Waals surface area contributed by atoms with Crippen LogP contribution in [0.3, 0.4) is 0 Å². The van der Waals surface area contributed by atoms with Crippen molar-refractivity contribution in [2.45, 2.75) is 6.92 Å². The maximum Gasteiger partial charge on any atom is 0.286 e. The first-order valence-electron chi connectivity index (χ1n) is 4.14. The van der Waals surface area contributed by atoms with Crippen LogP contribution in [0.2, 0.25) is 0 Å². The molecule has 72 valence electrons. The van der Waals surface area contributed by atoms with E-state index in [2.05, 4.69) is 0 Å². The third-order valence-electron chi connectivity index (χ3n) is 2.14. The molecule has 5 nitrogen and oxygen atoms in total. The minimum absolute atomic E-state index is 0.0122. The number of aldehydes is 1. The average molecular weight is 184 g/mol. The lowest BCUT2D eigenvalue weighted by atomic mass is 10.3. The van der Waals surface area contributed by atoms with Crippen molar-refractivity contribution in [3.05, 3.63) is 0 Å². The Morgan fingerprint density at radius 2 is 1.54 bits per heavy atom. The number of carbonyl (C=O) groups excluding carboxylic acids is 3. The molecular weight excluding hydrogens is 172 g/mol. The zero-order chi connectivity index (χ0) is 9.84. The summed E-state index contributed by atoms with van der Waals surface area (Å²) in [5.41, 5.74) is 0. The van der Waals surface area contributed by atoms with Crippen LogP contribution >= 0.6 is 0 Å². The van der Waals surface area contributed by atoms with Crippen molar-refractivity contribution in [1.29, 1.82) is 0 Å². The molecule has 13 heavy (non-hydrogen) atoms. The van der Waals surface area contributed by atoms with Gasteiger partial charge in [-0.15, -0.1) is 0 Å². The summed E-state index contributed by atoms with van der Waals surface area (Å²) in [5, 5.41) is 0. The Labute approximate surface area is 76.3 Å². The Bertz CT molecular complexity index is 232. The first-order chi connectivity index (χ1) is 6.15. The second-order valence-corrected chi connectivity index (χ2v) is 2.95. The normalized spacial score (nSPS) is 17.0. The van der Waals surface area contributed by atoms with Gasteiger partial charge in [0, 0.05) is 33.1 Å². The fraction of sp³-hybridized carbons (Fsp3) is 0.625. The summed E-state index contributed by atoms with van der Waals surface area (Å²) in [5.74, 6) is -0.485. The molecule has 0 aliphatic carbocycles. The van der Waals surface area contributed by atoms with Gasteiger partial charge in [0.2, 0.25) is 12.2 Å². The van der Waals surface area contributed by atoms with Crippen LogP contribution in [0.4, 0.5) is 0 Å². The Morgan fingerprint density at radius 1 is 1.08 bits per heavy atom. The second kappa shape index (κ2) is 4.02. The van der Waals surface area contributed by atoms with Crippen LogP contribution in [-0.2, 0) is 14.4 Å². The molecule has 0 unspecified atom stereocenters. The number of amides is 2. The van der Waals surface area contributed by atoms with Crippen LogP contribution in [0.5, 0.6) is 0 Å². The highest BCUT2D eigenvalue weighted by atomic mass is 16.2. The van der Waals surface area contributed by atoms with Crippen molar-refractivity contribution >= 4 is 18.1 Å². The minimum Gasteiger partial charge on any atom is -0.339 e. The molecule has 5 heteroatoms. The molecule has 0 aromatic rings. The highest BCUT2D eigenvalue weighted by Gasteiger charge is 2.21. The van der Waals surface area contributed by atoms with Gasteiger partial charge in [-0.2, -0.15) is 0 Å². The molecule has 0 spiro atoms. The number of piperazine rings is 1. The lowest BCUT2D eigenvalue weighted by molar-refractivity contribution is -0.142. The molecule has 0 aromatic carbocycles. The first kappa shape index (κ1) is 9.70. The molecule has 0 bridgehead atoms. The summed E-state index contributed by atoms with van der Waals surface area (Å²) in [6.07, 6.45) is 0.309. The molecule has 0 aromatic heterocycles. The molecule has 2 amide bonds. The quantitative estimate of drug-likeness (QED) is 0.383. The van der Waals surface area contributed by atoms with Crippen molar-refractivity contribution < 1.29 is 14.4 Å². The van der Waals surface area contributed by atoms with E-state index in [1.165, 1.54) is 11.8 Å². The smallest absolute Gasteiger partial charge is 0.286 e. The Morgan fingerprint density at radius 3 is 1.92 bits per heavy atom. The largest absolute Gasteiger partial charge is 0.339 e. The van der Waals surface area contributed by atoms with E-state index in [1.807, 2.05) is 0 Å². The van der Waals surface area contributed by atoms with Gasteiger partial charge in [0.1, 0.15) is 0 Å². The lowest BCUT2D eigenvalue weighted by Gasteiger charge is -2.33. The van der Waals surface area contributed by atoms with E-state index in [0.717, 1.165) is 0 Å². The van der Waals surface area contributed by atoms with Crippen LogP contribution in [0.15, 0.2) is 0 Å². The van der Waals surface area contributed by atoms with Gasteiger partial charge < -0.3 is 9.80 Å². The van der Waals surface area contributed by atoms with Crippen LogP contribution in [0.25, 0.3) is 0 Å². The van der Waals surface area contributed by atoms with Crippen molar-refractivity contribution in [2.75, 3.05) is 26.2 Å². The van der Waals surface area contributed by atoms with Crippen molar-refractivity contribution in [3.63, 3.8) is 0 Å². The summed E-state index contributed by atoms with van der Waals surface area (Å²) in [6, 6.07) is 0. The second-order valence-electron chi connectivity index (χ2n) is 2.95. The van der Waals surface area contributed by atoms with Gasteiger partial charge in [0.25, 0.3) is 5.91 Å². The van der Waals surface area contributed by atoms with E-state index in [1.54, 1.807) is 4.90 Å². The molecule has 1 fully saturated rings. The predicted octanol–water partition coefficient (Wildman–Crippen LogP) is -1.12. The summed E-state index contributed by atoms with van der Waals surface area (Å²) in [6.45, 7) is 3.45. The number of rotatable bonds is 1. The maximum atomic E-state index is 10.9. The zero-order valence-electron chi connectivity index (χ0n) is 7.52. The molecule has 1 rings (SSSR count). The molecule has 0 N–H and O–H groups in total. The predicted molar refractivity (Wildman–Crippen MR) is 44.9 cm³/mol. The number of nitrogens with zero attached hydrogens (tertiary/aromatic N) is 2. The molecule has 1 heterocycles. The van der Waals surface area contributed by atoms with E-state index in [4.69, 9.17) is 0 Å². The summed E-state index contributed by atoms with van der Waals surface area (Å²) >= 11 is 0. The minimum atomic E-state index is -0.497. The fourth-order valence-corrected chi connectivity index (χ4v) is 1.32. The lowest BCUT2D eigenvalue weighted by Crippen LogP contribution is -2.50. The van der Waals surface area contributed by atoms with E-state index in [9.17, 15) is 14.4 Å². The van der Waals surface area contributed by atoms with Gasteiger partial charge in [-0.3, -0.25) is 14.4 Å². The number of carbonyl (C=O) groups is 3. The van der Waals surface area contributed by atoms with Gasteiger partial charge >= 0.3 is 0 Å². The molecule has 0 atom stereocenters. The molecule has 1 aliphatic heterocycles. The van der Waals surface area contributed by atoms with Crippen LogP contribution < -0.4 is 0 Å². The number of hydrogen-bond donors (Lipinski definition) is 0. The van der Waals surface area contributed by atoms with E-state index in [0.29, 0.717) is 32.5 Å². The monoisotopic (exact) mass is 184 g/mol. The van der Waals surface area contributed by atoms with Crippen molar-refractivity contribution in [3.8, 4) is 0 Å². The van der Waals surface area contributed by atoms with Gasteiger partial charge in [-0.1, -0.05) is 0 Å². The molecule has 0 radical (unpaired) electrons. The van der Waals surface area contributed by atoms with E-state index in [-0.39, 0.29) is 5.91 Å². The molecule has 1 saturated heterocycles. The molecule has 1 aliphatic rings. The zero-order valence-corrected chi connectivity index (χ0v) is 7.52. The summed E-state index contributed by atoms with van der Waals surface area (Å²) < 4.78 is 0. The summed E-state index contributed by atoms with van der Waals surface area (Å²) in [7, 11) is 0. The standard InChI is InChI=1S/C8H12N2O3/c1-7(12)9-2-4-10(5-3-9)8(13)6-11/h6H,2-5H2,1H3. The van der Waals surface area contributed by atoms with E-state index < -0.39 is 5.91 Å². The molecule has 0 saturated carbocycles. The number of hydrogen-bond acceptors (Lipinski definition) is 3. The SMILES string of the molecule is CC(=O)N1CCN(C(=O)C=O)CC1.